The van der Waals surface area contributed by atoms with Gasteiger partial charge in [-0.15, -0.1) is 0 Å². The lowest BCUT2D eigenvalue weighted by Crippen LogP contribution is -2.39. The highest BCUT2D eigenvalue weighted by Crippen LogP contribution is 2.07. The standard InChI is InChI=1S/C11H22N2O2/c1-9(2)8-15-11(14)13(3)7-10-5-4-6-12-10/h9-10,12H,4-8H2,1-3H3/t10-/m0/s1. The van der Waals surface area contributed by atoms with E-state index in [1.165, 1.54) is 6.42 Å². The van der Waals surface area contributed by atoms with Gasteiger partial charge >= 0.3 is 6.09 Å². The predicted octanol–water partition coefficient (Wildman–Crippen LogP) is 1.46. The monoisotopic (exact) mass is 214 g/mol. The fourth-order valence-electron chi connectivity index (χ4n) is 1.67. The second-order valence-electron chi connectivity index (χ2n) is 4.64. The zero-order chi connectivity index (χ0) is 11.3. The van der Waals surface area contributed by atoms with Crippen LogP contribution in [-0.4, -0.2) is 43.8 Å². The van der Waals surface area contributed by atoms with Crippen LogP contribution in [0.5, 0.6) is 0 Å². The molecular formula is C11H22N2O2. The molecule has 1 fully saturated rings. The zero-order valence-electron chi connectivity index (χ0n) is 9.95. The maximum atomic E-state index is 11.5. The van der Waals surface area contributed by atoms with E-state index < -0.39 is 0 Å². The molecule has 1 heterocycles. The van der Waals surface area contributed by atoms with Crippen LogP contribution in [0.3, 0.4) is 0 Å². The number of hydrogen-bond donors (Lipinski definition) is 1. The molecule has 0 radical (unpaired) electrons. The molecule has 0 saturated carbocycles. The van der Waals surface area contributed by atoms with Gasteiger partial charge in [0, 0.05) is 19.6 Å². The molecule has 0 spiro atoms. The summed E-state index contributed by atoms with van der Waals surface area (Å²) in [7, 11) is 1.79. The summed E-state index contributed by atoms with van der Waals surface area (Å²) >= 11 is 0. The van der Waals surface area contributed by atoms with Crippen molar-refractivity contribution in [2.45, 2.75) is 32.7 Å². The number of nitrogens with zero attached hydrogens (tertiary/aromatic N) is 1. The van der Waals surface area contributed by atoms with E-state index in [1.54, 1.807) is 11.9 Å². The Labute approximate surface area is 92.0 Å². The molecule has 15 heavy (non-hydrogen) atoms. The van der Waals surface area contributed by atoms with Crippen molar-refractivity contribution < 1.29 is 9.53 Å². The maximum Gasteiger partial charge on any atom is 0.409 e. The average Bonchev–Trinajstić information content (AvgIpc) is 2.66. The highest BCUT2D eigenvalue weighted by molar-refractivity contribution is 5.67. The maximum absolute atomic E-state index is 11.5. The van der Waals surface area contributed by atoms with E-state index in [-0.39, 0.29) is 6.09 Å². The molecule has 1 rings (SSSR count). The molecule has 4 heteroatoms. The summed E-state index contributed by atoms with van der Waals surface area (Å²) in [5.74, 6) is 0.395. The number of rotatable bonds is 4. The van der Waals surface area contributed by atoms with Crippen LogP contribution in [0.4, 0.5) is 4.79 Å². The smallest absolute Gasteiger partial charge is 0.409 e. The summed E-state index contributed by atoms with van der Waals surface area (Å²) in [6, 6.07) is 0.446. The van der Waals surface area contributed by atoms with Gasteiger partial charge in [0.05, 0.1) is 6.61 Å². The lowest BCUT2D eigenvalue weighted by Gasteiger charge is -2.21. The summed E-state index contributed by atoms with van der Waals surface area (Å²) in [4.78, 5) is 13.2. The largest absolute Gasteiger partial charge is 0.449 e. The molecule has 1 aliphatic heterocycles. The molecule has 0 aromatic heterocycles. The van der Waals surface area contributed by atoms with Gasteiger partial charge in [-0.25, -0.2) is 4.79 Å². The van der Waals surface area contributed by atoms with E-state index in [4.69, 9.17) is 4.74 Å². The molecule has 4 nitrogen and oxygen atoms in total. The van der Waals surface area contributed by atoms with Gasteiger partial charge in [-0.1, -0.05) is 13.8 Å². The molecule has 0 bridgehead atoms. The lowest BCUT2D eigenvalue weighted by atomic mass is 10.2. The molecule has 88 valence electrons. The highest BCUT2D eigenvalue weighted by Gasteiger charge is 2.19. The van der Waals surface area contributed by atoms with Gasteiger partial charge in [0.25, 0.3) is 0 Å². The molecule has 1 aliphatic rings. The summed E-state index contributed by atoms with van der Waals surface area (Å²) in [6.07, 6.45) is 2.15. The molecule has 1 N–H and O–H groups in total. The van der Waals surface area contributed by atoms with E-state index in [1.807, 2.05) is 13.8 Å². The van der Waals surface area contributed by atoms with Gasteiger partial charge in [-0.05, 0) is 25.3 Å². The van der Waals surface area contributed by atoms with E-state index >= 15 is 0 Å². The third-order valence-electron chi connectivity index (χ3n) is 2.51. The molecule has 0 unspecified atom stereocenters. The quantitative estimate of drug-likeness (QED) is 0.770. The van der Waals surface area contributed by atoms with Gasteiger partial charge in [0.15, 0.2) is 0 Å². The SMILES string of the molecule is CC(C)COC(=O)N(C)C[C@@H]1CCCN1. The van der Waals surface area contributed by atoms with Gasteiger partial charge in [0.2, 0.25) is 0 Å². The van der Waals surface area contributed by atoms with Crippen LogP contribution in [0.1, 0.15) is 26.7 Å². The van der Waals surface area contributed by atoms with Gasteiger partial charge in [-0.3, -0.25) is 0 Å². The number of carbonyl (C=O) groups is 1. The van der Waals surface area contributed by atoms with Gasteiger partial charge in [0.1, 0.15) is 0 Å². The van der Waals surface area contributed by atoms with Crippen molar-refractivity contribution in [3.63, 3.8) is 0 Å². The highest BCUT2D eigenvalue weighted by atomic mass is 16.6. The van der Waals surface area contributed by atoms with Crippen molar-refractivity contribution in [1.29, 1.82) is 0 Å². The third-order valence-corrected chi connectivity index (χ3v) is 2.51. The van der Waals surface area contributed by atoms with Crippen molar-refractivity contribution in [3.05, 3.63) is 0 Å². The Bertz CT molecular complexity index is 201. The van der Waals surface area contributed by atoms with Crippen LogP contribution in [0.15, 0.2) is 0 Å². The van der Waals surface area contributed by atoms with Crippen molar-refractivity contribution in [2.75, 3.05) is 26.7 Å². The van der Waals surface area contributed by atoms with Crippen molar-refractivity contribution in [1.82, 2.24) is 10.2 Å². The van der Waals surface area contributed by atoms with Crippen molar-refractivity contribution in [3.8, 4) is 0 Å². The van der Waals surface area contributed by atoms with Crippen LogP contribution in [0.2, 0.25) is 0 Å². The Kier molecular flexibility index (Phi) is 4.88. The summed E-state index contributed by atoms with van der Waals surface area (Å²) in [5.41, 5.74) is 0. The minimum Gasteiger partial charge on any atom is -0.449 e. The second-order valence-corrected chi connectivity index (χ2v) is 4.64. The van der Waals surface area contributed by atoms with Gasteiger partial charge in [-0.2, -0.15) is 0 Å². The molecular weight excluding hydrogens is 192 g/mol. The number of carbonyl (C=O) groups excluding carboxylic acids is 1. The number of ether oxygens (including phenoxy) is 1. The average molecular weight is 214 g/mol. The van der Waals surface area contributed by atoms with E-state index in [2.05, 4.69) is 5.32 Å². The van der Waals surface area contributed by atoms with E-state index in [0.717, 1.165) is 19.5 Å². The number of hydrogen-bond acceptors (Lipinski definition) is 3. The minimum absolute atomic E-state index is 0.211. The number of likely N-dealkylation sites (N-methyl/N-ethyl adjacent to an activating group) is 1. The normalized spacial score (nSPS) is 20.7. The molecule has 0 aromatic carbocycles. The molecule has 1 saturated heterocycles. The van der Waals surface area contributed by atoms with Gasteiger partial charge < -0.3 is 15.0 Å². The van der Waals surface area contributed by atoms with Crippen molar-refractivity contribution >= 4 is 6.09 Å². The van der Waals surface area contributed by atoms with Crippen molar-refractivity contribution in [2.24, 2.45) is 5.92 Å². The second kappa shape index (κ2) is 5.95. The Morgan fingerprint density at radius 3 is 2.87 bits per heavy atom. The van der Waals surface area contributed by atoms with E-state index in [9.17, 15) is 4.79 Å². The fraction of sp³-hybridized carbons (Fsp3) is 0.909. The number of amides is 1. The zero-order valence-corrected chi connectivity index (χ0v) is 9.95. The lowest BCUT2D eigenvalue weighted by molar-refractivity contribution is 0.0976. The summed E-state index contributed by atoms with van der Waals surface area (Å²) in [5, 5.41) is 3.36. The predicted molar refractivity (Wildman–Crippen MR) is 59.8 cm³/mol. The number of nitrogens with one attached hydrogen (secondary N) is 1. The Morgan fingerprint density at radius 2 is 2.33 bits per heavy atom. The van der Waals surface area contributed by atoms with Crippen LogP contribution in [0, 0.1) is 5.92 Å². The van der Waals surface area contributed by atoms with E-state index in [0.29, 0.717) is 18.6 Å². The molecule has 1 atom stereocenters. The van der Waals surface area contributed by atoms with Crippen LogP contribution in [0.25, 0.3) is 0 Å². The first-order valence-corrected chi connectivity index (χ1v) is 5.71. The third kappa shape index (κ3) is 4.51. The minimum atomic E-state index is -0.211. The topological polar surface area (TPSA) is 41.6 Å². The first-order chi connectivity index (χ1) is 7.09. The first-order valence-electron chi connectivity index (χ1n) is 5.71. The summed E-state index contributed by atoms with van der Waals surface area (Å²) in [6.45, 7) is 6.38. The van der Waals surface area contributed by atoms with Crippen LogP contribution in [-0.2, 0) is 4.74 Å². The van der Waals surface area contributed by atoms with Crippen LogP contribution >= 0.6 is 0 Å². The fourth-order valence-corrected chi connectivity index (χ4v) is 1.67. The molecule has 0 aromatic rings. The molecule has 0 aliphatic carbocycles. The first kappa shape index (κ1) is 12.3. The Balaban J connectivity index is 2.19. The molecule has 1 amide bonds. The Hall–Kier alpha value is -0.770. The summed E-state index contributed by atoms with van der Waals surface area (Å²) < 4.78 is 5.13. The Morgan fingerprint density at radius 1 is 1.60 bits per heavy atom. The van der Waals surface area contributed by atoms with Crippen LogP contribution < -0.4 is 5.32 Å².